The molecule has 1 aliphatic heterocycles. The van der Waals surface area contributed by atoms with Gasteiger partial charge in [0.25, 0.3) is 5.56 Å². The topological polar surface area (TPSA) is 78.9 Å². The van der Waals surface area contributed by atoms with Crippen LogP contribution in [0.4, 0.5) is 0 Å². The van der Waals surface area contributed by atoms with Gasteiger partial charge < -0.3 is 20.2 Å². The van der Waals surface area contributed by atoms with Gasteiger partial charge in [0.2, 0.25) is 5.91 Å². The van der Waals surface area contributed by atoms with Gasteiger partial charge >= 0.3 is 0 Å². The number of aromatic amines is 1. The summed E-state index contributed by atoms with van der Waals surface area (Å²) < 4.78 is 1.59. The highest BCUT2D eigenvalue weighted by molar-refractivity contribution is 5.92. The van der Waals surface area contributed by atoms with Crippen LogP contribution >= 0.6 is 0 Å². The molecule has 0 bridgehead atoms. The lowest BCUT2D eigenvalue weighted by molar-refractivity contribution is -0.120. The van der Waals surface area contributed by atoms with Crippen LogP contribution in [0, 0.1) is 0 Å². The van der Waals surface area contributed by atoms with Gasteiger partial charge in [-0.1, -0.05) is 26.8 Å². The lowest BCUT2D eigenvalue weighted by Gasteiger charge is -2.23. The van der Waals surface area contributed by atoms with Gasteiger partial charge in [-0.05, 0) is 73.5 Å². The maximum atomic E-state index is 12.7. The van der Waals surface area contributed by atoms with E-state index in [9.17, 15) is 9.59 Å². The maximum absolute atomic E-state index is 12.7. The zero-order chi connectivity index (χ0) is 23.5. The first-order chi connectivity index (χ1) is 15.9. The summed E-state index contributed by atoms with van der Waals surface area (Å²) in [6.07, 6.45) is 5.18. The molecule has 6 nitrogen and oxygen atoms in total. The van der Waals surface area contributed by atoms with Crippen molar-refractivity contribution in [3.63, 3.8) is 0 Å². The van der Waals surface area contributed by atoms with Gasteiger partial charge in [-0.3, -0.25) is 9.59 Å². The molecule has 3 heterocycles. The molecule has 0 saturated carbocycles. The number of aromatic nitrogens is 2. The number of nitrogens with zero attached hydrogens (tertiary/aromatic N) is 1. The van der Waals surface area contributed by atoms with Crippen molar-refractivity contribution in [3.8, 4) is 11.3 Å². The first kappa shape index (κ1) is 23.3. The molecule has 1 aliphatic rings. The number of fused-ring (bicyclic) bond motifs is 1. The summed E-state index contributed by atoms with van der Waals surface area (Å²) in [5.74, 6) is 0.795. The van der Waals surface area contributed by atoms with Crippen LogP contribution in [0.15, 0.2) is 35.3 Å². The van der Waals surface area contributed by atoms with Crippen molar-refractivity contribution < 1.29 is 4.79 Å². The van der Waals surface area contributed by atoms with Crippen molar-refractivity contribution in [1.82, 2.24) is 20.2 Å². The highest BCUT2D eigenvalue weighted by Crippen LogP contribution is 2.37. The van der Waals surface area contributed by atoms with Crippen molar-refractivity contribution >= 4 is 16.8 Å². The first-order valence-electron chi connectivity index (χ1n) is 12.2. The number of H-pyrrole nitrogens is 1. The molecule has 0 unspecified atom stereocenters. The Morgan fingerprint density at radius 3 is 2.67 bits per heavy atom. The van der Waals surface area contributed by atoms with Crippen LogP contribution in [0.2, 0.25) is 0 Å². The van der Waals surface area contributed by atoms with E-state index in [1.165, 1.54) is 29.4 Å². The van der Waals surface area contributed by atoms with E-state index in [4.69, 9.17) is 0 Å². The Labute approximate surface area is 195 Å². The van der Waals surface area contributed by atoms with Gasteiger partial charge in [-0.25, -0.2) is 0 Å². The molecule has 0 radical (unpaired) electrons. The minimum atomic E-state index is -0.124. The zero-order valence-electron chi connectivity index (χ0n) is 20.3. The standard InChI is InChI=1S/C27H36N4O2/c1-5-10-29-24(32)15-20-13-21(16-31(4)27(20)33)26-25(17(2)3)22-14-19(6-7-23(22)30-26)18-8-11-28-12-9-18/h6-7,13-14,16-18,28,30H,5,8-12,15H2,1-4H3,(H,29,32). The molecular weight excluding hydrogens is 412 g/mol. The third kappa shape index (κ3) is 4.91. The molecule has 6 heteroatoms. The molecule has 0 spiro atoms. The highest BCUT2D eigenvalue weighted by atomic mass is 16.2. The molecule has 1 aromatic carbocycles. The number of hydrogen-bond donors (Lipinski definition) is 3. The number of rotatable bonds is 7. The lowest BCUT2D eigenvalue weighted by Crippen LogP contribution is -2.30. The summed E-state index contributed by atoms with van der Waals surface area (Å²) >= 11 is 0. The third-order valence-corrected chi connectivity index (χ3v) is 6.72. The van der Waals surface area contributed by atoms with Gasteiger partial charge in [-0.2, -0.15) is 0 Å². The molecule has 176 valence electrons. The van der Waals surface area contributed by atoms with E-state index < -0.39 is 0 Å². The normalized spacial score (nSPS) is 14.8. The Hall–Kier alpha value is -2.86. The number of nitrogens with one attached hydrogen (secondary N) is 3. The number of amides is 1. The second-order valence-corrected chi connectivity index (χ2v) is 9.59. The van der Waals surface area contributed by atoms with E-state index in [0.717, 1.165) is 36.3 Å². The Morgan fingerprint density at radius 1 is 1.21 bits per heavy atom. The summed E-state index contributed by atoms with van der Waals surface area (Å²) in [7, 11) is 1.76. The molecule has 2 aromatic heterocycles. The number of aryl methyl sites for hydroxylation is 1. The molecule has 3 aromatic rings. The highest BCUT2D eigenvalue weighted by Gasteiger charge is 2.21. The van der Waals surface area contributed by atoms with Crippen molar-refractivity contribution in [3.05, 3.63) is 57.5 Å². The molecular formula is C27H36N4O2. The number of hydrogen-bond acceptors (Lipinski definition) is 3. The fraction of sp³-hybridized carbons (Fsp3) is 0.481. The van der Waals surface area contributed by atoms with Gasteiger partial charge in [0, 0.05) is 41.8 Å². The average molecular weight is 449 g/mol. The van der Waals surface area contributed by atoms with Crippen molar-refractivity contribution in [1.29, 1.82) is 0 Å². The van der Waals surface area contributed by atoms with E-state index >= 15 is 0 Å². The summed E-state index contributed by atoms with van der Waals surface area (Å²) in [4.78, 5) is 28.7. The second-order valence-electron chi connectivity index (χ2n) is 9.59. The van der Waals surface area contributed by atoms with Crippen LogP contribution in [0.5, 0.6) is 0 Å². The predicted molar refractivity (Wildman–Crippen MR) is 135 cm³/mol. The Morgan fingerprint density at radius 2 is 1.97 bits per heavy atom. The third-order valence-electron chi connectivity index (χ3n) is 6.72. The van der Waals surface area contributed by atoms with Crippen LogP contribution in [-0.2, 0) is 18.3 Å². The zero-order valence-corrected chi connectivity index (χ0v) is 20.3. The maximum Gasteiger partial charge on any atom is 0.254 e. The van der Waals surface area contributed by atoms with E-state index in [1.54, 1.807) is 11.6 Å². The molecule has 1 amide bonds. The van der Waals surface area contributed by atoms with Crippen LogP contribution in [-0.4, -0.2) is 35.1 Å². The van der Waals surface area contributed by atoms with Crippen LogP contribution < -0.4 is 16.2 Å². The minimum absolute atomic E-state index is 0.0949. The molecule has 3 N–H and O–H groups in total. The average Bonchev–Trinajstić information content (AvgIpc) is 3.20. The fourth-order valence-electron chi connectivity index (χ4n) is 5.01. The molecule has 33 heavy (non-hydrogen) atoms. The van der Waals surface area contributed by atoms with E-state index in [1.807, 2.05) is 19.2 Å². The number of piperidine rings is 1. The van der Waals surface area contributed by atoms with Crippen LogP contribution in [0.3, 0.4) is 0 Å². The van der Waals surface area contributed by atoms with E-state index in [2.05, 4.69) is 47.7 Å². The van der Waals surface area contributed by atoms with E-state index in [0.29, 0.717) is 23.9 Å². The van der Waals surface area contributed by atoms with Gasteiger partial charge in [0.15, 0.2) is 0 Å². The summed E-state index contributed by atoms with van der Waals surface area (Å²) in [6, 6.07) is 8.70. The monoisotopic (exact) mass is 448 g/mol. The predicted octanol–water partition coefficient (Wildman–Crippen LogP) is 4.19. The molecule has 4 rings (SSSR count). The number of carbonyl (C=O) groups excluding carboxylic acids is 1. The minimum Gasteiger partial charge on any atom is -0.356 e. The molecule has 0 atom stereocenters. The van der Waals surface area contributed by atoms with Gasteiger partial charge in [-0.15, -0.1) is 0 Å². The largest absolute Gasteiger partial charge is 0.356 e. The van der Waals surface area contributed by atoms with Crippen LogP contribution in [0.25, 0.3) is 22.2 Å². The lowest BCUT2D eigenvalue weighted by atomic mass is 9.88. The summed E-state index contributed by atoms with van der Waals surface area (Å²) in [5, 5.41) is 7.59. The van der Waals surface area contributed by atoms with Crippen molar-refractivity contribution in [2.45, 2.75) is 58.3 Å². The SMILES string of the molecule is CCCNC(=O)Cc1cc(-c2[nH]c3ccc(C4CCNCC4)cc3c2C(C)C)cn(C)c1=O. The first-order valence-corrected chi connectivity index (χ1v) is 12.2. The van der Waals surface area contributed by atoms with Gasteiger partial charge in [0.1, 0.15) is 0 Å². The number of pyridine rings is 1. The van der Waals surface area contributed by atoms with Crippen molar-refractivity contribution in [2.75, 3.05) is 19.6 Å². The fourth-order valence-corrected chi connectivity index (χ4v) is 5.01. The second kappa shape index (κ2) is 9.96. The quantitative estimate of drug-likeness (QED) is 0.507. The Balaban J connectivity index is 1.78. The number of benzene rings is 1. The Kier molecular flexibility index (Phi) is 7.03. The summed E-state index contributed by atoms with van der Waals surface area (Å²) in [6.45, 7) is 9.21. The summed E-state index contributed by atoms with van der Waals surface area (Å²) in [5.41, 5.74) is 6.16. The number of carbonyl (C=O) groups is 1. The molecule has 1 saturated heterocycles. The smallest absolute Gasteiger partial charge is 0.254 e. The van der Waals surface area contributed by atoms with E-state index in [-0.39, 0.29) is 17.9 Å². The molecule has 1 fully saturated rings. The van der Waals surface area contributed by atoms with Crippen molar-refractivity contribution in [2.24, 2.45) is 7.05 Å². The molecule has 0 aliphatic carbocycles. The van der Waals surface area contributed by atoms with Gasteiger partial charge in [0.05, 0.1) is 12.1 Å². The van der Waals surface area contributed by atoms with Crippen LogP contribution in [0.1, 0.15) is 68.6 Å². The Bertz CT molecular complexity index is 1200.